The summed E-state index contributed by atoms with van der Waals surface area (Å²) in [7, 11) is -4.54. The molecule has 1 aliphatic heterocycles. The van der Waals surface area contributed by atoms with Crippen LogP contribution in [-0.2, 0) is 26.5 Å². The Kier molecular flexibility index (Phi) is 6.67. The molecule has 0 bridgehead atoms. The van der Waals surface area contributed by atoms with E-state index in [-0.39, 0.29) is 26.1 Å². The molecule has 0 saturated heterocycles. The van der Waals surface area contributed by atoms with Crippen molar-refractivity contribution in [1.82, 2.24) is 4.31 Å². The molecule has 184 valence electrons. The van der Waals surface area contributed by atoms with Crippen LogP contribution < -0.4 is 9.62 Å². The topological polar surface area (TPSA) is 104 Å². The highest BCUT2D eigenvalue weighted by atomic mass is 35.5. The van der Waals surface area contributed by atoms with Crippen molar-refractivity contribution < 1.29 is 21.6 Å². The zero-order valence-electron chi connectivity index (χ0n) is 19.3. The first-order valence-electron chi connectivity index (χ1n) is 10.7. The molecule has 0 atom stereocenters. The van der Waals surface area contributed by atoms with Gasteiger partial charge in [0.05, 0.1) is 20.4 Å². The van der Waals surface area contributed by atoms with E-state index in [1.165, 1.54) is 55.4 Å². The van der Waals surface area contributed by atoms with Crippen molar-refractivity contribution in [2.45, 2.75) is 23.1 Å². The Morgan fingerprint density at radius 2 is 1.60 bits per heavy atom. The van der Waals surface area contributed by atoms with E-state index in [1.807, 2.05) is 6.92 Å². The summed E-state index contributed by atoms with van der Waals surface area (Å²) in [6, 6.07) is 15.4. The fourth-order valence-corrected chi connectivity index (χ4v) is 5.99. The highest BCUT2D eigenvalue weighted by Crippen LogP contribution is 2.33. The van der Waals surface area contributed by atoms with Gasteiger partial charge in [-0.15, -0.1) is 0 Å². The molecule has 0 saturated carbocycles. The second kappa shape index (κ2) is 9.27. The molecule has 11 heteroatoms. The maximum absolute atomic E-state index is 13.4. The summed E-state index contributed by atoms with van der Waals surface area (Å²) >= 11 is 6.31. The Morgan fingerprint density at radius 3 is 2.26 bits per heavy atom. The zero-order valence-corrected chi connectivity index (χ0v) is 21.7. The number of hydrogen-bond donors (Lipinski definition) is 1. The highest BCUT2D eigenvalue weighted by Gasteiger charge is 2.29. The zero-order chi connectivity index (χ0) is 25.5. The number of carbonyl (C=O) groups is 1. The number of carbonyl (C=O) groups excluding carboxylic acids is 1. The number of hydrogen-bond acceptors (Lipinski definition) is 5. The third kappa shape index (κ3) is 4.92. The number of nitrogens with one attached hydrogen (secondary N) is 1. The van der Waals surface area contributed by atoms with Gasteiger partial charge in [-0.25, -0.2) is 21.1 Å². The molecule has 1 heterocycles. The molecule has 8 nitrogen and oxygen atoms in total. The summed E-state index contributed by atoms with van der Waals surface area (Å²) in [6.45, 7) is 2.20. The second-order valence-corrected chi connectivity index (χ2v) is 12.6. The van der Waals surface area contributed by atoms with E-state index in [9.17, 15) is 21.6 Å². The molecule has 35 heavy (non-hydrogen) atoms. The Balaban J connectivity index is 1.62. The molecule has 1 aliphatic rings. The first kappa shape index (κ1) is 25.2. The molecule has 0 aromatic heterocycles. The van der Waals surface area contributed by atoms with Gasteiger partial charge in [-0.05, 0) is 67.4 Å². The fraction of sp³-hybridized carbons (Fsp3) is 0.208. The Bertz CT molecular complexity index is 1520. The molecule has 3 aromatic rings. The van der Waals surface area contributed by atoms with Crippen LogP contribution in [0.3, 0.4) is 0 Å². The molecular formula is C24H24ClN3O5S2. The largest absolute Gasteiger partial charge is 0.308 e. The SMILES string of the molecule is Cc1ccc(S(=O)(=O)Nc2ccc(Cl)c(C(=O)N3CCc4cc(S(=O)(=O)N(C)C)ccc43)c2)cc1. The van der Waals surface area contributed by atoms with Crippen molar-refractivity contribution in [2.75, 3.05) is 30.3 Å². The lowest BCUT2D eigenvalue weighted by Crippen LogP contribution is -2.29. The van der Waals surface area contributed by atoms with Gasteiger partial charge in [0.15, 0.2) is 0 Å². The summed E-state index contributed by atoms with van der Waals surface area (Å²) in [5.74, 6) is -0.409. The van der Waals surface area contributed by atoms with Crippen LogP contribution in [0.4, 0.5) is 11.4 Å². The van der Waals surface area contributed by atoms with Gasteiger partial charge in [-0.1, -0.05) is 29.3 Å². The summed E-state index contributed by atoms with van der Waals surface area (Å²) < 4.78 is 54.1. The van der Waals surface area contributed by atoms with E-state index in [0.29, 0.717) is 18.7 Å². The summed E-state index contributed by atoms with van der Waals surface area (Å²) in [6.07, 6.45) is 0.481. The maximum Gasteiger partial charge on any atom is 0.261 e. The predicted octanol–water partition coefficient (Wildman–Crippen LogP) is 3.90. The molecular weight excluding hydrogens is 510 g/mol. The third-order valence-electron chi connectivity index (χ3n) is 5.75. The van der Waals surface area contributed by atoms with Crippen LogP contribution >= 0.6 is 11.6 Å². The van der Waals surface area contributed by atoms with E-state index < -0.39 is 26.0 Å². The fourth-order valence-electron chi connectivity index (χ4n) is 3.79. The van der Waals surface area contributed by atoms with Crippen molar-refractivity contribution in [3.63, 3.8) is 0 Å². The lowest BCUT2D eigenvalue weighted by Gasteiger charge is -2.19. The Morgan fingerprint density at radius 1 is 0.943 bits per heavy atom. The number of aryl methyl sites for hydroxylation is 1. The van der Waals surface area contributed by atoms with E-state index >= 15 is 0 Å². The molecule has 1 N–H and O–H groups in total. The highest BCUT2D eigenvalue weighted by molar-refractivity contribution is 7.92. The smallest absolute Gasteiger partial charge is 0.261 e. The van der Waals surface area contributed by atoms with Crippen molar-refractivity contribution >= 4 is 48.9 Å². The van der Waals surface area contributed by atoms with Crippen molar-refractivity contribution in [1.29, 1.82) is 0 Å². The average molecular weight is 534 g/mol. The standard InChI is InChI=1S/C24H24ClN3O5S2/c1-16-4-7-19(8-5-16)34(30,31)26-18-6-10-22(25)21(15-18)24(29)28-13-12-17-14-20(9-11-23(17)28)35(32,33)27(2)3/h4-11,14-15,26H,12-13H2,1-3H3. The van der Waals surface area contributed by atoms with E-state index in [4.69, 9.17) is 11.6 Å². The first-order valence-corrected chi connectivity index (χ1v) is 14.0. The third-order valence-corrected chi connectivity index (χ3v) is 9.29. The minimum atomic E-state index is -3.86. The minimum absolute atomic E-state index is 0.0999. The van der Waals surface area contributed by atoms with Crippen molar-refractivity contribution in [3.05, 3.63) is 82.4 Å². The number of anilines is 2. The quantitative estimate of drug-likeness (QED) is 0.517. The van der Waals surface area contributed by atoms with Crippen LogP contribution in [0.25, 0.3) is 0 Å². The van der Waals surface area contributed by atoms with Crippen LogP contribution in [0.5, 0.6) is 0 Å². The lowest BCUT2D eigenvalue weighted by molar-refractivity contribution is 0.0989. The number of sulfonamides is 2. The van der Waals surface area contributed by atoms with Crippen LogP contribution in [-0.4, -0.2) is 47.7 Å². The van der Waals surface area contributed by atoms with Gasteiger partial charge in [-0.2, -0.15) is 0 Å². The average Bonchev–Trinajstić information content (AvgIpc) is 3.23. The van der Waals surface area contributed by atoms with Crippen molar-refractivity contribution in [2.24, 2.45) is 0 Å². The van der Waals surface area contributed by atoms with Gasteiger partial charge < -0.3 is 4.90 Å². The van der Waals surface area contributed by atoms with Gasteiger partial charge in [0.25, 0.3) is 15.9 Å². The van der Waals surface area contributed by atoms with Crippen LogP contribution in [0.15, 0.2) is 70.5 Å². The Hall–Kier alpha value is -2.92. The normalized spacial score (nSPS) is 13.7. The van der Waals surface area contributed by atoms with E-state index in [0.717, 1.165) is 15.4 Å². The van der Waals surface area contributed by atoms with Crippen LogP contribution in [0.2, 0.25) is 5.02 Å². The number of nitrogens with zero attached hydrogens (tertiary/aromatic N) is 2. The number of benzene rings is 3. The van der Waals surface area contributed by atoms with Gasteiger partial charge in [0.1, 0.15) is 0 Å². The molecule has 0 fully saturated rings. The predicted molar refractivity (Wildman–Crippen MR) is 136 cm³/mol. The summed E-state index contributed by atoms with van der Waals surface area (Å²) in [5, 5.41) is 0.175. The minimum Gasteiger partial charge on any atom is -0.308 e. The molecule has 0 spiro atoms. The monoisotopic (exact) mass is 533 g/mol. The van der Waals surface area contributed by atoms with E-state index in [2.05, 4.69) is 4.72 Å². The van der Waals surface area contributed by atoms with Gasteiger partial charge in [0.2, 0.25) is 10.0 Å². The molecule has 3 aromatic carbocycles. The van der Waals surface area contributed by atoms with Gasteiger partial charge in [-0.3, -0.25) is 9.52 Å². The molecule has 4 rings (SSSR count). The van der Waals surface area contributed by atoms with Crippen LogP contribution in [0, 0.1) is 6.92 Å². The number of halogens is 1. The van der Waals surface area contributed by atoms with E-state index in [1.54, 1.807) is 24.3 Å². The summed E-state index contributed by atoms with van der Waals surface area (Å²) in [5.41, 5.74) is 2.59. The number of fused-ring (bicyclic) bond motifs is 1. The maximum atomic E-state index is 13.4. The molecule has 0 aliphatic carbocycles. The summed E-state index contributed by atoms with van der Waals surface area (Å²) in [4.78, 5) is 15.2. The number of amides is 1. The van der Waals surface area contributed by atoms with Gasteiger partial charge >= 0.3 is 0 Å². The molecule has 0 unspecified atom stereocenters. The number of rotatable bonds is 6. The van der Waals surface area contributed by atoms with Crippen LogP contribution in [0.1, 0.15) is 21.5 Å². The first-order chi connectivity index (χ1) is 16.4. The second-order valence-electron chi connectivity index (χ2n) is 8.40. The molecule has 1 amide bonds. The molecule has 0 radical (unpaired) electrons. The Labute approximate surface area is 210 Å². The van der Waals surface area contributed by atoms with Crippen molar-refractivity contribution in [3.8, 4) is 0 Å². The van der Waals surface area contributed by atoms with Gasteiger partial charge in [0, 0.05) is 32.0 Å². The lowest BCUT2D eigenvalue weighted by atomic mass is 10.1.